The van der Waals surface area contributed by atoms with E-state index in [4.69, 9.17) is 10.2 Å². The number of nitrogens with zero attached hydrogens (tertiary/aromatic N) is 6. The van der Waals surface area contributed by atoms with Crippen LogP contribution in [-0.2, 0) is 4.79 Å². The molecule has 4 heterocycles. The summed E-state index contributed by atoms with van der Waals surface area (Å²) >= 11 is 0. The lowest BCUT2D eigenvalue weighted by Gasteiger charge is -2.35. The van der Waals surface area contributed by atoms with Crippen LogP contribution in [0.5, 0.6) is 0 Å². The highest BCUT2D eigenvalue weighted by molar-refractivity contribution is 5.82. The second-order valence-electron chi connectivity index (χ2n) is 9.26. The third-order valence-electron chi connectivity index (χ3n) is 6.74. The smallest absolute Gasteiger partial charge is 0.323 e. The van der Waals surface area contributed by atoms with Gasteiger partial charge in [-0.1, -0.05) is 6.58 Å². The number of carbonyl (C=O) groups excluding carboxylic acids is 1. The molecule has 11 nitrogen and oxygen atoms in total. The lowest BCUT2D eigenvalue weighted by atomic mass is 10.2. The van der Waals surface area contributed by atoms with E-state index >= 15 is 0 Å². The summed E-state index contributed by atoms with van der Waals surface area (Å²) in [4.78, 5) is 38.6. The normalized spacial score (nSPS) is 22.7. The highest BCUT2D eigenvalue weighted by atomic mass is 16.2. The Bertz CT molecular complexity index is 1480. The van der Waals surface area contributed by atoms with Crippen LogP contribution in [0.2, 0.25) is 0 Å². The van der Waals surface area contributed by atoms with E-state index in [9.17, 15) is 9.59 Å². The summed E-state index contributed by atoms with van der Waals surface area (Å²) in [7, 11) is 0. The highest BCUT2D eigenvalue weighted by Crippen LogP contribution is 2.39. The number of aromatic nitrogens is 5. The number of piperazine rings is 1. The number of anilines is 2. The molecule has 1 saturated heterocycles. The number of H-pyrrole nitrogens is 2. The fraction of sp³-hybridized carbons (Fsp3) is 0.435. The molecule has 3 aromatic heterocycles. The minimum atomic E-state index is -0.308. The number of carbonyl (C=O) groups is 1. The number of rotatable bonds is 5. The third-order valence-corrected chi connectivity index (χ3v) is 6.74. The van der Waals surface area contributed by atoms with E-state index in [1.807, 2.05) is 17.0 Å². The van der Waals surface area contributed by atoms with Crippen molar-refractivity contribution in [2.75, 3.05) is 36.4 Å². The highest BCUT2D eigenvalue weighted by Gasteiger charge is 2.45. The molecule has 6 rings (SSSR count). The molecule has 3 aromatic rings. The van der Waals surface area contributed by atoms with E-state index in [1.54, 1.807) is 10.7 Å². The van der Waals surface area contributed by atoms with Gasteiger partial charge in [-0.25, -0.2) is 9.78 Å². The number of fused-ring (bicyclic) bond motifs is 1. The first-order valence-electron chi connectivity index (χ1n) is 11.6. The monoisotopic (exact) mass is 459 g/mol. The molecule has 3 aliphatic rings. The van der Waals surface area contributed by atoms with Gasteiger partial charge in [0.2, 0.25) is 5.91 Å². The van der Waals surface area contributed by atoms with Gasteiger partial charge in [0.25, 0.3) is 0 Å². The third kappa shape index (κ3) is 3.71. The summed E-state index contributed by atoms with van der Waals surface area (Å²) in [5.41, 5.74) is 1.14. The number of nitriles is 1. The van der Waals surface area contributed by atoms with Gasteiger partial charge in [0.15, 0.2) is 5.65 Å². The van der Waals surface area contributed by atoms with Gasteiger partial charge in [-0.2, -0.15) is 14.9 Å². The van der Waals surface area contributed by atoms with Crippen LogP contribution in [0.25, 0.3) is 18.3 Å². The first-order chi connectivity index (χ1) is 16.5. The standard InChI is InChI=1S/C23H25N9O2/c1-13-18(28-23(34)26-13)9-15-12-25-32-20(27-16-2-3-16)10-19(29-21(15)32)30-4-6-31(7-5-30)22(33)17-8-14(17)11-24/h9-10,12,14,16-17,27H,1-8H2,(H2,26,28,34)/b18-9-. The lowest BCUT2D eigenvalue weighted by Crippen LogP contribution is -2.49. The average molecular weight is 460 g/mol. The number of amides is 1. The second kappa shape index (κ2) is 7.76. The van der Waals surface area contributed by atoms with E-state index in [-0.39, 0.29) is 23.4 Å². The Morgan fingerprint density at radius 2 is 2.06 bits per heavy atom. The van der Waals surface area contributed by atoms with Crippen molar-refractivity contribution in [1.82, 2.24) is 29.5 Å². The van der Waals surface area contributed by atoms with Crippen LogP contribution in [0.1, 0.15) is 24.8 Å². The molecule has 0 spiro atoms. The van der Waals surface area contributed by atoms with Crippen molar-refractivity contribution < 1.29 is 4.79 Å². The molecule has 2 unspecified atom stereocenters. The molecule has 2 aliphatic carbocycles. The molecule has 34 heavy (non-hydrogen) atoms. The van der Waals surface area contributed by atoms with E-state index in [1.165, 1.54) is 0 Å². The zero-order valence-corrected chi connectivity index (χ0v) is 18.6. The quantitative estimate of drug-likeness (QED) is 0.462. The van der Waals surface area contributed by atoms with Crippen molar-refractivity contribution in [3.8, 4) is 6.07 Å². The molecular formula is C23H25N9O2. The van der Waals surface area contributed by atoms with Gasteiger partial charge in [-0.3, -0.25) is 4.79 Å². The summed E-state index contributed by atoms with van der Waals surface area (Å²) < 4.78 is 1.79. The first kappa shape index (κ1) is 20.5. The van der Waals surface area contributed by atoms with Gasteiger partial charge in [0, 0.05) is 43.9 Å². The van der Waals surface area contributed by atoms with Gasteiger partial charge in [-0.15, -0.1) is 0 Å². The van der Waals surface area contributed by atoms with Gasteiger partial charge >= 0.3 is 5.69 Å². The molecule has 1 amide bonds. The summed E-state index contributed by atoms with van der Waals surface area (Å²) in [5.74, 6) is 1.55. The Morgan fingerprint density at radius 3 is 2.71 bits per heavy atom. The topological polar surface area (TPSA) is 138 Å². The maximum Gasteiger partial charge on any atom is 0.323 e. The van der Waals surface area contributed by atoms with E-state index in [0.29, 0.717) is 55.0 Å². The Labute approximate surface area is 194 Å². The van der Waals surface area contributed by atoms with Crippen LogP contribution in [0.3, 0.4) is 0 Å². The van der Waals surface area contributed by atoms with Crippen LogP contribution in [-0.4, -0.2) is 67.6 Å². The Morgan fingerprint density at radius 1 is 1.26 bits per heavy atom. The van der Waals surface area contributed by atoms with Gasteiger partial charge < -0.3 is 25.1 Å². The molecule has 2 saturated carbocycles. The van der Waals surface area contributed by atoms with Crippen molar-refractivity contribution in [2.45, 2.75) is 25.3 Å². The average Bonchev–Trinajstić information content (AvgIpc) is 3.75. The minimum Gasteiger partial charge on any atom is -0.367 e. The molecule has 3 N–H and O–H groups in total. The van der Waals surface area contributed by atoms with Crippen molar-refractivity contribution in [1.29, 1.82) is 5.26 Å². The maximum absolute atomic E-state index is 12.6. The fourth-order valence-electron chi connectivity index (χ4n) is 4.48. The van der Waals surface area contributed by atoms with E-state index in [0.717, 1.165) is 30.0 Å². The van der Waals surface area contributed by atoms with E-state index in [2.05, 4.69) is 37.9 Å². The maximum atomic E-state index is 12.6. The van der Waals surface area contributed by atoms with Crippen LogP contribution >= 0.6 is 0 Å². The molecule has 174 valence electrons. The molecule has 0 aromatic carbocycles. The SMILES string of the molecule is C=c1[nH]c(=O)[nH]/c1=C\c1cnn2c(NC3CC3)cc(N3CCN(C(=O)C4CC4C#N)CC3)nc12. The molecule has 11 heteroatoms. The van der Waals surface area contributed by atoms with E-state index < -0.39 is 0 Å². The number of hydrogen-bond donors (Lipinski definition) is 3. The van der Waals surface area contributed by atoms with Gasteiger partial charge in [0.05, 0.1) is 34.8 Å². The number of hydrogen-bond acceptors (Lipinski definition) is 7. The number of aromatic amines is 2. The molecule has 1 aliphatic heterocycles. The molecule has 3 fully saturated rings. The summed E-state index contributed by atoms with van der Waals surface area (Å²) in [5, 5.41) is 18.2. The lowest BCUT2D eigenvalue weighted by molar-refractivity contribution is -0.133. The minimum absolute atomic E-state index is 0.0999. The number of nitrogens with one attached hydrogen (secondary N) is 3. The van der Waals surface area contributed by atoms with Crippen LogP contribution < -0.4 is 26.6 Å². The van der Waals surface area contributed by atoms with Gasteiger partial charge in [0.1, 0.15) is 11.6 Å². The molecule has 2 atom stereocenters. The largest absolute Gasteiger partial charge is 0.367 e. The summed E-state index contributed by atoms with van der Waals surface area (Å²) in [6, 6.07) is 4.65. The van der Waals surface area contributed by atoms with Crippen LogP contribution in [0.4, 0.5) is 11.6 Å². The van der Waals surface area contributed by atoms with Crippen molar-refractivity contribution in [2.24, 2.45) is 11.8 Å². The predicted molar refractivity (Wildman–Crippen MR) is 125 cm³/mol. The summed E-state index contributed by atoms with van der Waals surface area (Å²) in [6.07, 6.45) is 6.48. The van der Waals surface area contributed by atoms with Crippen LogP contribution in [0.15, 0.2) is 17.1 Å². The Balaban J connectivity index is 1.31. The van der Waals surface area contributed by atoms with Crippen molar-refractivity contribution >= 4 is 35.8 Å². The first-order valence-corrected chi connectivity index (χ1v) is 11.6. The van der Waals surface area contributed by atoms with Gasteiger partial charge in [-0.05, 0) is 25.3 Å². The number of imidazole rings is 1. The van der Waals surface area contributed by atoms with Crippen molar-refractivity contribution in [3.05, 3.63) is 39.0 Å². The zero-order chi connectivity index (χ0) is 23.4. The summed E-state index contributed by atoms with van der Waals surface area (Å²) in [6.45, 7) is 6.43. The van der Waals surface area contributed by atoms with Crippen LogP contribution in [0, 0.1) is 23.2 Å². The Hall–Kier alpha value is -4.07. The molecule has 0 bridgehead atoms. The van der Waals surface area contributed by atoms with Crippen molar-refractivity contribution in [3.63, 3.8) is 0 Å². The second-order valence-corrected chi connectivity index (χ2v) is 9.26. The molecular weight excluding hydrogens is 434 g/mol. The predicted octanol–water partition coefficient (Wildman–Crippen LogP) is -0.633. The fourth-order valence-corrected chi connectivity index (χ4v) is 4.48. The molecule has 0 radical (unpaired) electrons. The Kier molecular flexibility index (Phi) is 4.69. The zero-order valence-electron chi connectivity index (χ0n) is 18.6.